The van der Waals surface area contributed by atoms with Crippen LogP contribution in [0.25, 0.3) is 0 Å². The molecule has 2 aromatic rings. The third-order valence-electron chi connectivity index (χ3n) is 3.69. The Bertz CT molecular complexity index is 759. The first kappa shape index (κ1) is 18.5. The van der Waals surface area contributed by atoms with Crippen LogP contribution in [0.4, 0.5) is 4.39 Å². The topological polar surface area (TPSA) is 47.6 Å². The number of nitrogens with one attached hydrogen (secondary N) is 1. The van der Waals surface area contributed by atoms with E-state index in [0.29, 0.717) is 22.6 Å². The number of carbonyl (C=O) groups excluding carboxylic acids is 1. The van der Waals surface area contributed by atoms with Gasteiger partial charge in [0.1, 0.15) is 5.82 Å². The van der Waals surface area contributed by atoms with Gasteiger partial charge in [-0.25, -0.2) is 4.39 Å². The molecule has 0 heterocycles. The molecule has 0 saturated carbocycles. The van der Waals surface area contributed by atoms with E-state index in [1.54, 1.807) is 38.3 Å². The maximum atomic E-state index is 13.5. The minimum atomic E-state index is -0.293. The Labute approximate surface area is 147 Å². The van der Waals surface area contributed by atoms with Crippen molar-refractivity contribution in [2.45, 2.75) is 19.9 Å². The predicted molar refractivity (Wildman–Crippen MR) is 95.4 cm³/mol. The lowest BCUT2D eigenvalue weighted by Crippen LogP contribution is -2.28. The lowest BCUT2D eigenvalue weighted by atomic mass is 10.1. The van der Waals surface area contributed by atoms with Crippen molar-refractivity contribution in [3.8, 4) is 11.5 Å². The summed E-state index contributed by atoms with van der Waals surface area (Å²) in [5.74, 6) is 0.477. The summed E-state index contributed by atoms with van der Waals surface area (Å²) in [5, 5.41) is 2.70. The molecular weight excluding hydrogens is 321 g/mol. The van der Waals surface area contributed by atoms with E-state index in [2.05, 4.69) is 11.9 Å². The van der Waals surface area contributed by atoms with E-state index in [1.165, 1.54) is 6.07 Å². The summed E-state index contributed by atoms with van der Waals surface area (Å²) in [6.45, 7) is 5.49. The molecule has 1 amide bonds. The average molecular weight is 343 g/mol. The Balaban J connectivity index is 1.88. The number of hydrogen-bond donors (Lipinski definition) is 1. The van der Waals surface area contributed by atoms with Gasteiger partial charge in [0.15, 0.2) is 18.1 Å². The molecule has 4 nitrogen and oxygen atoms in total. The average Bonchev–Trinajstić information content (AvgIpc) is 2.61. The molecule has 0 aliphatic rings. The number of ether oxygens (including phenoxy) is 2. The monoisotopic (exact) mass is 343 g/mol. The van der Waals surface area contributed by atoms with Crippen molar-refractivity contribution in [3.05, 3.63) is 71.6 Å². The van der Waals surface area contributed by atoms with Gasteiger partial charge in [-0.05, 0) is 48.2 Å². The number of methoxy groups -OCH3 is 1. The number of benzene rings is 2. The summed E-state index contributed by atoms with van der Waals surface area (Å²) in [6.07, 6.45) is 2.53. The second-order valence-electron chi connectivity index (χ2n) is 5.63. The summed E-state index contributed by atoms with van der Waals surface area (Å²) in [6, 6.07) is 10.4. The summed E-state index contributed by atoms with van der Waals surface area (Å²) in [5.41, 5.74) is 2.32. The van der Waals surface area contributed by atoms with E-state index >= 15 is 0 Å². The Hall–Kier alpha value is -2.82. The molecule has 1 N–H and O–H groups in total. The zero-order chi connectivity index (χ0) is 18.2. The van der Waals surface area contributed by atoms with E-state index in [0.717, 1.165) is 12.0 Å². The van der Waals surface area contributed by atoms with E-state index in [1.807, 2.05) is 12.1 Å². The quantitative estimate of drug-likeness (QED) is 0.746. The highest BCUT2D eigenvalue weighted by Gasteiger charge is 2.09. The van der Waals surface area contributed by atoms with Crippen LogP contribution >= 0.6 is 0 Å². The predicted octanol–water partition coefficient (Wildman–Crippen LogP) is 3.57. The van der Waals surface area contributed by atoms with Gasteiger partial charge in [0.25, 0.3) is 5.91 Å². The van der Waals surface area contributed by atoms with Crippen molar-refractivity contribution in [2.75, 3.05) is 13.7 Å². The van der Waals surface area contributed by atoms with Gasteiger partial charge in [-0.3, -0.25) is 4.79 Å². The molecule has 25 heavy (non-hydrogen) atoms. The second kappa shape index (κ2) is 8.87. The molecule has 0 radical (unpaired) electrons. The van der Waals surface area contributed by atoms with E-state index in [-0.39, 0.29) is 24.9 Å². The molecule has 0 unspecified atom stereocenters. The van der Waals surface area contributed by atoms with Gasteiger partial charge >= 0.3 is 0 Å². The highest BCUT2D eigenvalue weighted by Crippen LogP contribution is 2.28. The lowest BCUT2D eigenvalue weighted by Gasteiger charge is -2.12. The van der Waals surface area contributed by atoms with Gasteiger partial charge in [0.05, 0.1) is 7.11 Å². The van der Waals surface area contributed by atoms with Crippen LogP contribution in [-0.4, -0.2) is 19.6 Å². The van der Waals surface area contributed by atoms with Gasteiger partial charge in [-0.15, -0.1) is 6.58 Å². The Morgan fingerprint density at radius 2 is 1.96 bits per heavy atom. The highest BCUT2D eigenvalue weighted by atomic mass is 19.1. The SMILES string of the molecule is C=CCc1ccc(OCC(=O)NCc2ccc(C)c(F)c2)c(OC)c1. The van der Waals surface area contributed by atoms with E-state index in [9.17, 15) is 9.18 Å². The van der Waals surface area contributed by atoms with Gasteiger partial charge < -0.3 is 14.8 Å². The molecule has 0 fully saturated rings. The fourth-order valence-corrected chi connectivity index (χ4v) is 2.27. The molecule has 0 aliphatic carbocycles. The van der Waals surface area contributed by atoms with Crippen LogP contribution in [-0.2, 0) is 17.8 Å². The molecule has 0 bridgehead atoms. The first-order chi connectivity index (χ1) is 12.0. The molecule has 132 valence electrons. The van der Waals surface area contributed by atoms with Crippen LogP contribution in [0.2, 0.25) is 0 Å². The first-order valence-electron chi connectivity index (χ1n) is 7.96. The number of rotatable bonds is 8. The van der Waals surface area contributed by atoms with Gasteiger partial charge in [-0.2, -0.15) is 0 Å². The molecule has 0 atom stereocenters. The van der Waals surface area contributed by atoms with Crippen LogP contribution in [0.5, 0.6) is 11.5 Å². The van der Waals surface area contributed by atoms with Crippen LogP contribution in [0.3, 0.4) is 0 Å². The number of allylic oxidation sites excluding steroid dienone is 1. The van der Waals surface area contributed by atoms with Crippen molar-refractivity contribution < 1.29 is 18.7 Å². The summed E-state index contributed by atoms with van der Waals surface area (Å²) in [4.78, 5) is 11.9. The minimum Gasteiger partial charge on any atom is -0.493 e. The fourth-order valence-electron chi connectivity index (χ4n) is 2.27. The first-order valence-corrected chi connectivity index (χ1v) is 7.96. The molecule has 0 saturated heterocycles. The van der Waals surface area contributed by atoms with Crippen LogP contribution in [0.15, 0.2) is 49.1 Å². The second-order valence-corrected chi connectivity index (χ2v) is 5.63. The number of hydrogen-bond acceptors (Lipinski definition) is 3. The third kappa shape index (κ3) is 5.35. The van der Waals surface area contributed by atoms with Gasteiger partial charge in [0.2, 0.25) is 0 Å². The van der Waals surface area contributed by atoms with Crippen molar-refractivity contribution in [3.63, 3.8) is 0 Å². The summed E-state index contributed by atoms with van der Waals surface area (Å²) < 4.78 is 24.3. The van der Waals surface area contributed by atoms with Crippen molar-refractivity contribution in [1.29, 1.82) is 0 Å². The Morgan fingerprint density at radius 3 is 2.64 bits per heavy atom. The van der Waals surface area contributed by atoms with Crippen LogP contribution in [0, 0.1) is 12.7 Å². The Kier molecular flexibility index (Phi) is 6.57. The molecule has 5 heteroatoms. The smallest absolute Gasteiger partial charge is 0.258 e. The Morgan fingerprint density at radius 1 is 1.20 bits per heavy atom. The fraction of sp³-hybridized carbons (Fsp3) is 0.250. The van der Waals surface area contributed by atoms with Crippen molar-refractivity contribution >= 4 is 5.91 Å². The summed E-state index contributed by atoms with van der Waals surface area (Å²) >= 11 is 0. The van der Waals surface area contributed by atoms with Gasteiger partial charge in [-0.1, -0.05) is 24.3 Å². The maximum absolute atomic E-state index is 13.5. The number of halogens is 1. The maximum Gasteiger partial charge on any atom is 0.258 e. The van der Waals surface area contributed by atoms with E-state index < -0.39 is 0 Å². The molecule has 0 aromatic heterocycles. The number of amides is 1. The van der Waals surface area contributed by atoms with Crippen molar-refractivity contribution in [1.82, 2.24) is 5.32 Å². The van der Waals surface area contributed by atoms with Crippen molar-refractivity contribution in [2.24, 2.45) is 0 Å². The number of carbonyl (C=O) groups is 1. The van der Waals surface area contributed by atoms with Gasteiger partial charge in [0, 0.05) is 6.54 Å². The molecule has 0 spiro atoms. The van der Waals surface area contributed by atoms with Crippen LogP contribution in [0.1, 0.15) is 16.7 Å². The third-order valence-corrected chi connectivity index (χ3v) is 3.69. The largest absolute Gasteiger partial charge is 0.493 e. The van der Waals surface area contributed by atoms with Crippen LogP contribution < -0.4 is 14.8 Å². The summed E-state index contributed by atoms with van der Waals surface area (Å²) in [7, 11) is 1.55. The lowest BCUT2D eigenvalue weighted by molar-refractivity contribution is -0.123. The normalized spacial score (nSPS) is 10.2. The zero-order valence-electron chi connectivity index (χ0n) is 14.5. The standard InChI is InChI=1S/C20H22FNO3/c1-4-5-15-8-9-18(19(11-15)24-3)25-13-20(23)22-12-16-7-6-14(2)17(21)10-16/h4,6-11H,1,5,12-13H2,2-3H3,(H,22,23). The molecule has 2 rings (SSSR count). The van der Waals surface area contributed by atoms with E-state index in [4.69, 9.17) is 9.47 Å². The molecule has 0 aliphatic heterocycles. The minimum absolute atomic E-state index is 0.147. The molecular formula is C20H22FNO3. The zero-order valence-corrected chi connectivity index (χ0v) is 14.5. The highest BCUT2D eigenvalue weighted by molar-refractivity contribution is 5.77. The molecule has 2 aromatic carbocycles. The number of aryl methyl sites for hydroxylation is 1.